The van der Waals surface area contributed by atoms with Crippen LogP contribution in [0.25, 0.3) is 27.9 Å². The van der Waals surface area contributed by atoms with Gasteiger partial charge in [-0.1, -0.05) is 30.3 Å². The van der Waals surface area contributed by atoms with Gasteiger partial charge in [0.05, 0.1) is 0 Å². The second-order valence-corrected chi connectivity index (χ2v) is 3.68. The lowest BCUT2D eigenvalue weighted by molar-refractivity contribution is -0.104. The lowest BCUT2D eigenvalue weighted by Crippen LogP contribution is -1.75. The molecule has 2 aromatic carbocycles. The van der Waals surface area contributed by atoms with Crippen molar-refractivity contribution in [2.45, 2.75) is 0 Å². The minimum absolute atomic E-state index is 0.448. The van der Waals surface area contributed by atoms with Crippen molar-refractivity contribution in [2.24, 2.45) is 0 Å². The van der Waals surface area contributed by atoms with Crippen molar-refractivity contribution < 1.29 is 9.21 Å². The monoisotopic (exact) mass is 223 g/mol. The van der Waals surface area contributed by atoms with Crippen LogP contribution in [0.2, 0.25) is 0 Å². The number of aromatic nitrogens is 1. The molecule has 17 heavy (non-hydrogen) atoms. The van der Waals surface area contributed by atoms with E-state index in [2.05, 4.69) is 4.98 Å². The first-order valence-corrected chi connectivity index (χ1v) is 5.28. The third-order valence-corrected chi connectivity index (χ3v) is 2.62. The van der Waals surface area contributed by atoms with E-state index in [4.69, 9.17) is 4.42 Å². The van der Waals surface area contributed by atoms with E-state index in [1.807, 2.05) is 36.4 Å². The molecule has 0 radical (unpaired) electrons. The van der Waals surface area contributed by atoms with Crippen LogP contribution in [0.5, 0.6) is 0 Å². The maximum absolute atomic E-state index is 10.2. The van der Waals surface area contributed by atoms with Crippen molar-refractivity contribution in [3.05, 3.63) is 48.4 Å². The van der Waals surface area contributed by atoms with Gasteiger partial charge in [-0.25, -0.2) is 4.98 Å². The van der Waals surface area contributed by atoms with Crippen molar-refractivity contribution in [2.75, 3.05) is 0 Å². The number of allylic oxidation sites excluding steroid dienone is 1. The highest BCUT2D eigenvalue weighted by molar-refractivity contribution is 6.03. The number of carbonyl (C=O) groups excluding carboxylic acids is 1. The van der Waals surface area contributed by atoms with Crippen molar-refractivity contribution in [3.63, 3.8) is 0 Å². The Balaban J connectivity index is 2.31. The van der Waals surface area contributed by atoms with Crippen LogP contribution in [-0.2, 0) is 4.79 Å². The summed E-state index contributed by atoms with van der Waals surface area (Å²) in [5.74, 6) is 0.448. The molecule has 0 amide bonds. The molecule has 0 N–H and O–H groups in total. The van der Waals surface area contributed by atoms with Crippen LogP contribution in [0.4, 0.5) is 0 Å². The number of oxazole rings is 1. The molecular weight excluding hydrogens is 214 g/mol. The molecule has 1 heterocycles. The molecule has 0 fully saturated rings. The van der Waals surface area contributed by atoms with Gasteiger partial charge in [-0.3, -0.25) is 4.79 Å². The van der Waals surface area contributed by atoms with Crippen LogP contribution < -0.4 is 0 Å². The molecule has 3 heteroatoms. The van der Waals surface area contributed by atoms with Crippen molar-refractivity contribution >= 4 is 34.2 Å². The summed E-state index contributed by atoms with van der Waals surface area (Å²) in [6, 6.07) is 11.9. The van der Waals surface area contributed by atoms with Crippen LogP contribution in [-0.4, -0.2) is 11.3 Å². The van der Waals surface area contributed by atoms with Gasteiger partial charge in [0.1, 0.15) is 11.8 Å². The molecule has 0 saturated heterocycles. The largest absolute Gasteiger partial charge is 0.437 e. The Morgan fingerprint density at radius 1 is 1.12 bits per heavy atom. The van der Waals surface area contributed by atoms with E-state index in [0.29, 0.717) is 12.2 Å². The summed E-state index contributed by atoms with van der Waals surface area (Å²) in [5, 5.41) is 2.18. The summed E-state index contributed by atoms with van der Waals surface area (Å²) in [4.78, 5) is 14.6. The number of fused-ring (bicyclic) bond motifs is 3. The Morgan fingerprint density at radius 3 is 2.88 bits per heavy atom. The van der Waals surface area contributed by atoms with Crippen molar-refractivity contribution in [3.8, 4) is 0 Å². The average molecular weight is 223 g/mol. The Bertz CT molecular complexity index is 725. The maximum atomic E-state index is 10.2. The fourth-order valence-electron chi connectivity index (χ4n) is 1.87. The summed E-state index contributed by atoms with van der Waals surface area (Å²) in [5.41, 5.74) is 1.56. The minimum atomic E-state index is 0.448. The molecule has 1 aromatic heterocycles. The summed E-state index contributed by atoms with van der Waals surface area (Å²) < 4.78 is 5.52. The number of aldehydes is 1. The first-order chi connectivity index (χ1) is 8.38. The van der Waals surface area contributed by atoms with Gasteiger partial charge in [0.2, 0.25) is 5.89 Å². The molecule has 0 aliphatic carbocycles. The quantitative estimate of drug-likeness (QED) is 0.495. The number of benzene rings is 2. The lowest BCUT2D eigenvalue weighted by atomic mass is 10.1. The zero-order chi connectivity index (χ0) is 11.7. The molecule has 0 aliphatic rings. The Hall–Kier alpha value is -2.42. The second kappa shape index (κ2) is 3.87. The molecule has 0 atom stereocenters. The number of hydrogen-bond donors (Lipinski definition) is 0. The molecule has 0 saturated carbocycles. The summed E-state index contributed by atoms with van der Waals surface area (Å²) in [6.45, 7) is 0. The van der Waals surface area contributed by atoms with Gasteiger partial charge in [-0.05, 0) is 17.5 Å². The van der Waals surface area contributed by atoms with Crippen LogP contribution in [0.15, 0.2) is 46.9 Å². The molecule has 3 aromatic rings. The van der Waals surface area contributed by atoms with Gasteiger partial charge >= 0.3 is 0 Å². The molecule has 82 valence electrons. The molecular formula is C14H9NO2. The van der Waals surface area contributed by atoms with Crippen LogP contribution >= 0.6 is 0 Å². The minimum Gasteiger partial charge on any atom is -0.437 e. The standard InChI is InChI=1S/C14H9NO2/c16-9-3-6-13-15-14-11-5-2-1-4-10(11)7-8-12(14)17-13/h1-9H/b6-3+. The number of hydrogen-bond acceptors (Lipinski definition) is 3. The fourth-order valence-corrected chi connectivity index (χ4v) is 1.87. The van der Waals surface area contributed by atoms with Gasteiger partial charge in [0.15, 0.2) is 5.58 Å². The van der Waals surface area contributed by atoms with E-state index in [-0.39, 0.29) is 0 Å². The van der Waals surface area contributed by atoms with Gasteiger partial charge < -0.3 is 4.42 Å². The Kier molecular flexibility index (Phi) is 2.22. The lowest BCUT2D eigenvalue weighted by Gasteiger charge is -1.95. The molecule has 0 aliphatic heterocycles. The molecule has 0 bridgehead atoms. The summed E-state index contributed by atoms with van der Waals surface area (Å²) in [7, 11) is 0. The fraction of sp³-hybridized carbons (Fsp3) is 0. The van der Waals surface area contributed by atoms with E-state index < -0.39 is 0 Å². The van der Waals surface area contributed by atoms with E-state index in [1.54, 1.807) is 6.08 Å². The van der Waals surface area contributed by atoms with Gasteiger partial charge in [0.25, 0.3) is 0 Å². The Morgan fingerprint density at radius 2 is 2.00 bits per heavy atom. The van der Waals surface area contributed by atoms with Crippen molar-refractivity contribution in [1.29, 1.82) is 0 Å². The molecule has 3 nitrogen and oxygen atoms in total. The highest BCUT2D eigenvalue weighted by Crippen LogP contribution is 2.25. The third-order valence-electron chi connectivity index (χ3n) is 2.62. The highest BCUT2D eigenvalue weighted by atomic mass is 16.3. The Labute approximate surface area is 97.4 Å². The van der Waals surface area contributed by atoms with Crippen LogP contribution in [0.3, 0.4) is 0 Å². The van der Waals surface area contributed by atoms with Crippen LogP contribution in [0.1, 0.15) is 5.89 Å². The first-order valence-electron chi connectivity index (χ1n) is 5.28. The van der Waals surface area contributed by atoms with Crippen molar-refractivity contribution in [1.82, 2.24) is 4.98 Å². The van der Waals surface area contributed by atoms with E-state index in [1.165, 1.54) is 6.08 Å². The van der Waals surface area contributed by atoms with Gasteiger partial charge in [-0.2, -0.15) is 0 Å². The predicted molar refractivity (Wildman–Crippen MR) is 66.6 cm³/mol. The molecule has 0 unspecified atom stereocenters. The van der Waals surface area contributed by atoms with E-state index in [9.17, 15) is 4.79 Å². The number of nitrogens with zero attached hydrogens (tertiary/aromatic N) is 1. The number of rotatable bonds is 2. The molecule has 0 spiro atoms. The first kappa shape index (κ1) is 9.78. The third kappa shape index (κ3) is 1.61. The van der Waals surface area contributed by atoms with E-state index >= 15 is 0 Å². The normalized spacial score (nSPS) is 11.5. The zero-order valence-corrected chi connectivity index (χ0v) is 8.96. The van der Waals surface area contributed by atoms with Gasteiger partial charge in [0, 0.05) is 11.5 Å². The predicted octanol–water partition coefficient (Wildman–Crippen LogP) is 3.19. The second-order valence-electron chi connectivity index (χ2n) is 3.68. The number of carbonyl (C=O) groups is 1. The van der Waals surface area contributed by atoms with Gasteiger partial charge in [-0.15, -0.1) is 0 Å². The molecule has 3 rings (SSSR count). The van der Waals surface area contributed by atoms with E-state index in [0.717, 1.165) is 21.9 Å². The smallest absolute Gasteiger partial charge is 0.220 e. The maximum Gasteiger partial charge on any atom is 0.220 e. The SMILES string of the molecule is O=C/C=C/c1nc2c(ccc3ccccc32)o1. The zero-order valence-electron chi connectivity index (χ0n) is 8.96. The summed E-state index contributed by atoms with van der Waals surface area (Å²) >= 11 is 0. The topological polar surface area (TPSA) is 43.1 Å². The van der Waals surface area contributed by atoms with Crippen LogP contribution in [0, 0.1) is 0 Å². The summed E-state index contributed by atoms with van der Waals surface area (Å²) in [6.07, 6.45) is 3.63. The highest BCUT2D eigenvalue weighted by Gasteiger charge is 2.06. The average Bonchev–Trinajstić information content (AvgIpc) is 2.79.